The molecule has 0 N–H and O–H groups in total. The van der Waals surface area contributed by atoms with Gasteiger partial charge >= 0.3 is 0 Å². The summed E-state index contributed by atoms with van der Waals surface area (Å²) in [4.78, 5) is 30.2. The fraction of sp³-hybridized carbons (Fsp3) is 0.0833. The maximum absolute atomic E-state index is 13.9. The average molecular weight is 430 g/mol. The Kier molecular flexibility index (Phi) is 5.86. The Labute approximate surface area is 183 Å². The van der Waals surface area contributed by atoms with Crippen LogP contribution in [0.1, 0.15) is 32.9 Å². The van der Waals surface area contributed by atoms with E-state index < -0.39 is 16.8 Å². The van der Waals surface area contributed by atoms with Crippen LogP contribution in [0.15, 0.2) is 103 Å². The molecule has 4 rings (SSSR count). The first-order chi connectivity index (χ1) is 15.1. The highest BCUT2D eigenvalue weighted by Crippen LogP contribution is 2.42. The van der Waals surface area contributed by atoms with Gasteiger partial charge in [0.1, 0.15) is 0 Å². The lowest BCUT2D eigenvalue weighted by Crippen LogP contribution is -2.26. The molecule has 4 aromatic rings. The number of Topliss-reactive ketones (excluding diaryl/α,β-unsaturated/α-hetero) is 1. The molecule has 154 valence electrons. The van der Waals surface area contributed by atoms with Crippen LogP contribution in [0.2, 0.25) is 0 Å². The van der Waals surface area contributed by atoms with Crippen LogP contribution >= 0.6 is 11.3 Å². The molecule has 0 radical (unpaired) electrons. The molecular weight excluding hydrogens is 410 g/mol. The fourth-order valence-electron chi connectivity index (χ4n) is 3.68. The minimum atomic E-state index is -0.845. The fourth-order valence-corrected chi connectivity index (χ4v) is 4.57. The Hall–Kier alpha value is -3.84. The van der Waals surface area contributed by atoms with Gasteiger partial charge in [0, 0.05) is 23.0 Å². The van der Waals surface area contributed by atoms with Crippen molar-refractivity contribution in [3.05, 3.63) is 129 Å². The van der Waals surface area contributed by atoms with Crippen LogP contribution in [0.5, 0.6) is 0 Å². The van der Waals surface area contributed by atoms with Gasteiger partial charge in [0.2, 0.25) is 11.5 Å². The summed E-state index contributed by atoms with van der Waals surface area (Å²) in [6.07, 6.45) is 3.28. The van der Waals surface area contributed by atoms with Gasteiger partial charge in [-0.3, -0.25) is 19.5 Å². The third-order valence-corrected chi connectivity index (χ3v) is 6.07. The van der Waals surface area contributed by atoms with Crippen molar-refractivity contribution in [2.75, 3.05) is 0 Å². The average Bonchev–Trinajstić information content (AvgIpc) is 3.50. The normalized spacial score (nSPS) is 12.8. The first-order valence-electron chi connectivity index (χ1n) is 9.62. The van der Waals surface area contributed by atoms with Crippen molar-refractivity contribution in [3.8, 4) is 5.69 Å². The Morgan fingerprint density at radius 2 is 1.68 bits per heavy atom. The number of carbonyl (C=O) groups is 1. The van der Waals surface area contributed by atoms with Crippen LogP contribution in [-0.4, -0.2) is 20.3 Å². The summed E-state index contributed by atoms with van der Waals surface area (Å²) in [5.41, 5.74) is 1.25. The highest BCUT2D eigenvalue weighted by atomic mass is 32.1. The van der Waals surface area contributed by atoms with E-state index in [1.165, 1.54) is 11.3 Å². The van der Waals surface area contributed by atoms with Gasteiger partial charge in [-0.15, -0.1) is 11.3 Å². The quantitative estimate of drug-likeness (QED) is 0.211. The van der Waals surface area contributed by atoms with Gasteiger partial charge in [-0.1, -0.05) is 54.6 Å². The van der Waals surface area contributed by atoms with E-state index in [4.69, 9.17) is 0 Å². The zero-order valence-corrected chi connectivity index (χ0v) is 17.3. The van der Waals surface area contributed by atoms with Gasteiger partial charge in [-0.25, -0.2) is 4.98 Å². The monoisotopic (exact) mass is 429 g/mol. The van der Waals surface area contributed by atoms with Crippen molar-refractivity contribution in [2.45, 2.75) is 11.8 Å². The molecule has 0 aliphatic heterocycles. The van der Waals surface area contributed by atoms with E-state index in [0.717, 1.165) is 5.69 Å². The predicted molar refractivity (Wildman–Crippen MR) is 120 cm³/mol. The molecule has 0 fully saturated rings. The number of thiophene rings is 1. The minimum Gasteiger partial charge on any atom is -0.297 e. The molecule has 0 saturated heterocycles. The maximum atomic E-state index is 13.9. The zero-order chi connectivity index (χ0) is 21.8. The van der Waals surface area contributed by atoms with Gasteiger partial charge < -0.3 is 0 Å². The number of benzene rings is 2. The van der Waals surface area contributed by atoms with Gasteiger partial charge in [0.05, 0.1) is 16.8 Å². The summed E-state index contributed by atoms with van der Waals surface area (Å²) >= 11 is 1.37. The summed E-state index contributed by atoms with van der Waals surface area (Å²) in [5, 5.41) is 13.6. The summed E-state index contributed by atoms with van der Waals surface area (Å²) in [6, 6.07) is 22.1. The maximum Gasteiger partial charge on any atom is 0.248 e. The number of ketones is 1. The van der Waals surface area contributed by atoms with Crippen LogP contribution in [-0.2, 0) is 0 Å². The Balaban J connectivity index is 1.87. The number of aromatic nitrogens is 2. The lowest BCUT2D eigenvalue weighted by molar-refractivity contribution is -0.429. The summed E-state index contributed by atoms with van der Waals surface area (Å²) < 4.78 is 1.71. The number of nitrogens with zero attached hydrogens (tertiary/aromatic N) is 3. The first kappa shape index (κ1) is 20.4. The predicted octanol–water partition coefficient (Wildman–Crippen LogP) is 5.47. The highest BCUT2D eigenvalue weighted by Gasteiger charge is 2.40. The van der Waals surface area contributed by atoms with E-state index in [-0.39, 0.29) is 17.3 Å². The van der Waals surface area contributed by atoms with Crippen molar-refractivity contribution in [2.24, 2.45) is 0 Å². The number of nitro groups is 1. The summed E-state index contributed by atoms with van der Waals surface area (Å²) in [5.74, 6) is -1.74. The van der Waals surface area contributed by atoms with Crippen LogP contribution in [0.25, 0.3) is 5.69 Å². The molecule has 6 nitrogen and oxygen atoms in total. The number of carbonyl (C=O) groups excluding carboxylic acids is 1. The molecule has 2 heterocycles. The lowest BCUT2D eigenvalue weighted by Gasteiger charge is -2.24. The van der Waals surface area contributed by atoms with Crippen LogP contribution < -0.4 is 0 Å². The molecule has 31 heavy (non-hydrogen) atoms. The third kappa shape index (κ3) is 4.08. The van der Waals surface area contributed by atoms with E-state index in [0.29, 0.717) is 10.4 Å². The van der Waals surface area contributed by atoms with Crippen LogP contribution in [0.3, 0.4) is 0 Å². The number of rotatable bonds is 8. The van der Waals surface area contributed by atoms with Crippen LogP contribution in [0, 0.1) is 10.1 Å². The second kappa shape index (κ2) is 8.89. The Morgan fingerprint density at radius 1 is 1.00 bits per heavy atom. The SMILES string of the molecule is C=C(C(c1cccs1)C(C(=O)c1nccn1-c1ccccc1)c1ccccc1)[N+](=O)[O-]. The van der Waals surface area contributed by atoms with Crippen molar-refractivity contribution in [1.82, 2.24) is 9.55 Å². The Bertz CT molecular complexity index is 1200. The summed E-state index contributed by atoms with van der Waals surface area (Å²) in [6.45, 7) is 3.73. The van der Waals surface area contributed by atoms with E-state index in [2.05, 4.69) is 11.6 Å². The lowest BCUT2D eigenvalue weighted by atomic mass is 9.80. The molecule has 2 atom stereocenters. The molecule has 0 spiro atoms. The van der Waals surface area contributed by atoms with Gasteiger partial charge in [-0.2, -0.15) is 0 Å². The van der Waals surface area contributed by atoms with Crippen molar-refractivity contribution in [1.29, 1.82) is 0 Å². The molecule has 2 aromatic carbocycles. The zero-order valence-electron chi connectivity index (χ0n) is 16.5. The number of imidazole rings is 1. The van der Waals surface area contributed by atoms with E-state index in [9.17, 15) is 14.9 Å². The topological polar surface area (TPSA) is 78.0 Å². The van der Waals surface area contributed by atoms with E-state index in [1.54, 1.807) is 23.0 Å². The molecule has 2 unspecified atom stereocenters. The number of allylic oxidation sites excluding steroid dienone is 1. The van der Waals surface area contributed by atoms with E-state index >= 15 is 0 Å². The molecule has 0 saturated carbocycles. The number of hydrogen-bond donors (Lipinski definition) is 0. The molecule has 7 heteroatoms. The van der Waals surface area contributed by atoms with Gasteiger partial charge in [0.25, 0.3) is 0 Å². The molecule has 2 aromatic heterocycles. The molecule has 0 bridgehead atoms. The van der Waals surface area contributed by atoms with Gasteiger partial charge in [-0.05, 0) is 35.7 Å². The van der Waals surface area contributed by atoms with Crippen LogP contribution in [0.4, 0.5) is 0 Å². The van der Waals surface area contributed by atoms with Crippen molar-refractivity contribution >= 4 is 17.1 Å². The smallest absolute Gasteiger partial charge is 0.248 e. The molecule has 0 aliphatic rings. The van der Waals surface area contributed by atoms with Gasteiger partial charge in [0.15, 0.2) is 5.82 Å². The molecule has 0 amide bonds. The largest absolute Gasteiger partial charge is 0.297 e. The molecular formula is C24H19N3O3S. The van der Waals surface area contributed by atoms with Crippen molar-refractivity contribution < 1.29 is 9.72 Å². The second-order valence-electron chi connectivity index (χ2n) is 6.95. The van der Waals surface area contributed by atoms with Crippen molar-refractivity contribution in [3.63, 3.8) is 0 Å². The number of hydrogen-bond acceptors (Lipinski definition) is 5. The standard InChI is InChI=1S/C24H19N3O3S/c1-17(27(29)30)21(20-13-8-16-31-20)22(18-9-4-2-5-10-18)23(28)24-25-14-15-26(24)19-11-6-3-7-12-19/h2-16,21-22H,1H2. The molecule has 0 aliphatic carbocycles. The Morgan fingerprint density at radius 3 is 2.29 bits per heavy atom. The summed E-state index contributed by atoms with van der Waals surface area (Å²) in [7, 11) is 0. The minimum absolute atomic E-state index is 0.220. The second-order valence-corrected chi connectivity index (χ2v) is 7.93. The van der Waals surface area contributed by atoms with E-state index in [1.807, 2.05) is 72.1 Å². The number of para-hydroxylation sites is 1. The first-order valence-corrected chi connectivity index (χ1v) is 10.5. The third-order valence-electron chi connectivity index (χ3n) is 5.11. The highest BCUT2D eigenvalue weighted by molar-refractivity contribution is 7.10.